The Morgan fingerprint density at radius 2 is 1.38 bits per heavy atom. The minimum absolute atomic E-state index is 0.0981. The summed E-state index contributed by atoms with van der Waals surface area (Å²) >= 11 is 5.32. The van der Waals surface area contributed by atoms with Crippen LogP contribution in [0.4, 0.5) is 0 Å². The predicted octanol–water partition coefficient (Wildman–Crippen LogP) is 5.75. The maximum Gasteiger partial charge on any atom is 0.0492 e. The van der Waals surface area contributed by atoms with Crippen molar-refractivity contribution in [2.75, 3.05) is 0 Å². The number of nitrogens with two attached hydrogens (primary N) is 1. The minimum atomic E-state index is 0.0981. The smallest absolute Gasteiger partial charge is 0.0492 e. The summed E-state index contributed by atoms with van der Waals surface area (Å²) in [5.74, 6) is 0.569. The van der Waals surface area contributed by atoms with Crippen LogP contribution in [0.5, 0.6) is 0 Å². The zero-order chi connectivity index (χ0) is 15.4. The molecule has 2 atom stereocenters. The lowest BCUT2D eigenvalue weighted by molar-refractivity contribution is 0.721. The van der Waals surface area contributed by atoms with Gasteiger partial charge in [0.1, 0.15) is 0 Å². The lowest BCUT2D eigenvalue weighted by atomic mass is 10.0. The molecule has 0 heterocycles. The summed E-state index contributed by atoms with van der Waals surface area (Å²) < 4.78 is 1.10. The molecule has 1 nitrogen and oxygen atoms in total. The van der Waals surface area contributed by atoms with Gasteiger partial charge in [-0.15, -0.1) is 11.8 Å². The van der Waals surface area contributed by atoms with Crippen molar-refractivity contribution in [1.82, 2.24) is 0 Å². The molecule has 0 aliphatic heterocycles. The summed E-state index contributed by atoms with van der Waals surface area (Å²) in [5, 5.41) is 0.267. The van der Waals surface area contributed by atoms with Crippen LogP contribution in [0.3, 0.4) is 0 Å². The largest absolute Gasteiger partial charge is 0.327 e. The first-order valence-electron chi connectivity index (χ1n) is 7.25. The zero-order valence-corrected chi connectivity index (χ0v) is 15.1. The summed E-state index contributed by atoms with van der Waals surface area (Å²) in [6, 6.07) is 17.4. The van der Waals surface area contributed by atoms with Gasteiger partial charge in [0.05, 0.1) is 0 Å². The van der Waals surface area contributed by atoms with Gasteiger partial charge in [-0.3, -0.25) is 0 Å². The maximum absolute atomic E-state index is 6.20. The van der Waals surface area contributed by atoms with Crippen LogP contribution in [0, 0.1) is 0 Å². The van der Waals surface area contributed by atoms with Gasteiger partial charge in [-0.05, 0) is 48.2 Å². The maximum atomic E-state index is 6.20. The van der Waals surface area contributed by atoms with Crippen LogP contribution in [0.25, 0.3) is 0 Å². The highest BCUT2D eigenvalue weighted by Gasteiger charge is 2.17. The molecule has 0 amide bonds. The molecule has 0 aliphatic rings. The molecule has 0 fully saturated rings. The molecular formula is C18H22BrNS. The lowest BCUT2D eigenvalue weighted by Gasteiger charge is -2.21. The van der Waals surface area contributed by atoms with E-state index in [-0.39, 0.29) is 11.3 Å². The van der Waals surface area contributed by atoms with Crippen molar-refractivity contribution in [3.63, 3.8) is 0 Å². The molecule has 0 bridgehead atoms. The van der Waals surface area contributed by atoms with Crippen molar-refractivity contribution in [2.45, 2.75) is 42.9 Å². The Hall–Kier alpha value is -0.770. The van der Waals surface area contributed by atoms with Crippen molar-refractivity contribution < 1.29 is 0 Å². The molecule has 2 N–H and O–H groups in total. The van der Waals surface area contributed by atoms with Gasteiger partial charge < -0.3 is 5.73 Å². The fraction of sp³-hybridized carbons (Fsp3) is 0.333. The molecule has 0 spiro atoms. The van der Waals surface area contributed by atoms with Crippen molar-refractivity contribution in [2.24, 2.45) is 5.73 Å². The van der Waals surface area contributed by atoms with E-state index < -0.39 is 0 Å². The van der Waals surface area contributed by atoms with Crippen molar-refractivity contribution in [3.05, 3.63) is 64.1 Å². The second-order valence-electron chi connectivity index (χ2n) is 5.67. The van der Waals surface area contributed by atoms with Crippen molar-refractivity contribution >= 4 is 27.7 Å². The molecule has 0 aromatic heterocycles. The highest BCUT2D eigenvalue weighted by atomic mass is 79.9. The molecule has 2 aromatic rings. The third-order valence-electron chi connectivity index (χ3n) is 3.49. The van der Waals surface area contributed by atoms with E-state index in [0.29, 0.717) is 5.92 Å². The normalized spacial score (nSPS) is 14.2. The summed E-state index contributed by atoms with van der Waals surface area (Å²) in [4.78, 5) is 1.27. The quantitative estimate of drug-likeness (QED) is 0.684. The third-order valence-corrected chi connectivity index (χ3v) is 5.51. The summed E-state index contributed by atoms with van der Waals surface area (Å²) in [6.07, 6.45) is 0. The van der Waals surface area contributed by atoms with Gasteiger partial charge in [-0.1, -0.05) is 54.0 Å². The average molecular weight is 364 g/mol. The molecule has 2 aromatic carbocycles. The second-order valence-corrected chi connectivity index (χ2v) is 7.80. The Balaban J connectivity index is 2.18. The molecule has 2 unspecified atom stereocenters. The first-order valence-corrected chi connectivity index (χ1v) is 8.92. The van der Waals surface area contributed by atoms with E-state index in [4.69, 9.17) is 5.73 Å². The van der Waals surface area contributed by atoms with Crippen LogP contribution >= 0.6 is 27.7 Å². The number of hydrogen-bond acceptors (Lipinski definition) is 2. The summed E-state index contributed by atoms with van der Waals surface area (Å²) in [7, 11) is 0. The monoisotopic (exact) mass is 363 g/mol. The van der Waals surface area contributed by atoms with E-state index in [1.54, 1.807) is 0 Å². The number of thioether (sulfide) groups is 1. The molecular weight excluding hydrogens is 342 g/mol. The Morgan fingerprint density at radius 1 is 0.857 bits per heavy atom. The standard InChI is InChI=1S/C18H22BrNS/c1-12(2)14-6-10-17(11-7-14)21-18(13(3)20)15-4-8-16(19)9-5-15/h4-13,18H,20H2,1-3H3. The Bertz CT molecular complexity index is 561. The summed E-state index contributed by atoms with van der Waals surface area (Å²) in [5.41, 5.74) is 8.85. The van der Waals surface area contributed by atoms with Crippen LogP contribution in [0.2, 0.25) is 0 Å². The fourth-order valence-corrected chi connectivity index (χ4v) is 3.57. The van der Waals surface area contributed by atoms with Crippen LogP contribution in [-0.2, 0) is 0 Å². The Labute approximate surface area is 140 Å². The van der Waals surface area contributed by atoms with Gasteiger partial charge in [0.15, 0.2) is 0 Å². The van der Waals surface area contributed by atoms with E-state index in [0.717, 1.165) is 4.47 Å². The van der Waals surface area contributed by atoms with Gasteiger partial charge in [0, 0.05) is 20.7 Å². The highest BCUT2D eigenvalue weighted by Crippen LogP contribution is 2.37. The van der Waals surface area contributed by atoms with Crippen molar-refractivity contribution in [3.8, 4) is 0 Å². The number of benzene rings is 2. The number of rotatable bonds is 5. The zero-order valence-electron chi connectivity index (χ0n) is 12.7. The molecule has 0 aliphatic carbocycles. The molecule has 3 heteroatoms. The molecule has 21 heavy (non-hydrogen) atoms. The van der Waals surface area contributed by atoms with E-state index >= 15 is 0 Å². The van der Waals surface area contributed by atoms with E-state index in [1.165, 1.54) is 16.0 Å². The van der Waals surface area contributed by atoms with E-state index in [1.807, 2.05) is 11.8 Å². The lowest BCUT2D eigenvalue weighted by Crippen LogP contribution is -2.22. The van der Waals surface area contributed by atoms with Crippen molar-refractivity contribution in [1.29, 1.82) is 0 Å². The second kappa shape index (κ2) is 7.48. The van der Waals surface area contributed by atoms with Crippen LogP contribution in [0.1, 0.15) is 43.1 Å². The first-order chi connectivity index (χ1) is 9.97. The molecule has 0 saturated carbocycles. The van der Waals surface area contributed by atoms with Crippen LogP contribution < -0.4 is 5.73 Å². The van der Waals surface area contributed by atoms with Gasteiger partial charge in [0.25, 0.3) is 0 Å². The average Bonchev–Trinajstić information content (AvgIpc) is 2.46. The highest BCUT2D eigenvalue weighted by molar-refractivity contribution is 9.10. The SMILES string of the molecule is CC(C)c1ccc(SC(c2ccc(Br)cc2)C(C)N)cc1. The Kier molecular flexibility index (Phi) is 5.91. The Morgan fingerprint density at radius 3 is 1.86 bits per heavy atom. The van der Waals surface area contributed by atoms with Crippen LogP contribution in [-0.4, -0.2) is 6.04 Å². The molecule has 2 rings (SSSR count). The van der Waals surface area contributed by atoms with Crippen LogP contribution in [0.15, 0.2) is 57.9 Å². The fourth-order valence-electron chi connectivity index (χ4n) is 2.21. The van der Waals surface area contributed by atoms with E-state index in [2.05, 4.69) is 85.2 Å². The first kappa shape index (κ1) is 16.6. The predicted molar refractivity (Wildman–Crippen MR) is 96.9 cm³/mol. The van der Waals surface area contributed by atoms with Gasteiger partial charge >= 0.3 is 0 Å². The summed E-state index contributed by atoms with van der Waals surface area (Å²) in [6.45, 7) is 6.51. The van der Waals surface area contributed by atoms with Gasteiger partial charge in [0.2, 0.25) is 0 Å². The van der Waals surface area contributed by atoms with Gasteiger partial charge in [-0.2, -0.15) is 0 Å². The topological polar surface area (TPSA) is 26.0 Å². The minimum Gasteiger partial charge on any atom is -0.327 e. The number of halogens is 1. The van der Waals surface area contributed by atoms with E-state index in [9.17, 15) is 0 Å². The molecule has 112 valence electrons. The third kappa shape index (κ3) is 4.60. The molecule has 0 saturated heterocycles. The number of hydrogen-bond donors (Lipinski definition) is 1. The van der Waals surface area contributed by atoms with Gasteiger partial charge in [-0.25, -0.2) is 0 Å². The molecule has 0 radical (unpaired) electrons.